The zero-order chi connectivity index (χ0) is 41.4. The second-order valence-electron chi connectivity index (χ2n) is 16.0. The number of anilines is 1. The van der Waals surface area contributed by atoms with Gasteiger partial charge in [0.2, 0.25) is 0 Å². The molecule has 14 heteroatoms. The molecule has 5 rings (SSSR count). The van der Waals surface area contributed by atoms with Gasteiger partial charge < -0.3 is 44.0 Å². The van der Waals surface area contributed by atoms with Crippen LogP contribution in [-0.4, -0.2) is 101 Å². The van der Waals surface area contributed by atoms with E-state index in [1.807, 2.05) is 0 Å². The highest BCUT2D eigenvalue weighted by molar-refractivity contribution is 5.96. The minimum atomic E-state index is -2.31. The highest BCUT2D eigenvalue weighted by Crippen LogP contribution is 2.69. The van der Waals surface area contributed by atoms with E-state index in [1.165, 1.54) is 19.1 Å². The topological polar surface area (TPSA) is 193 Å². The van der Waals surface area contributed by atoms with Crippen molar-refractivity contribution in [2.45, 2.75) is 122 Å². The molecule has 56 heavy (non-hydrogen) atoms. The molecule has 1 aliphatic heterocycles. The minimum absolute atomic E-state index is 0.0946. The average Bonchev–Trinajstić information content (AvgIpc) is 3.37. The zero-order valence-corrected chi connectivity index (χ0v) is 33.5. The number of carbonyl (C=O) groups is 5. The summed E-state index contributed by atoms with van der Waals surface area (Å²) < 4.78 is 38.4. The maximum atomic E-state index is 14.4. The molecule has 3 aliphatic rings. The summed E-state index contributed by atoms with van der Waals surface area (Å²) in [7, 11) is 1.63. The lowest BCUT2D eigenvalue weighted by atomic mass is 9.45. The van der Waals surface area contributed by atoms with Crippen LogP contribution in [0.4, 0.5) is 5.69 Å². The van der Waals surface area contributed by atoms with Gasteiger partial charge in [0.25, 0.3) is 0 Å². The lowest BCUT2D eigenvalue weighted by Gasteiger charge is -2.66. The summed E-state index contributed by atoms with van der Waals surface area (Å²) in [5.74, 6) is -6.51. The average molecular weight is 782 g/mol. The number of hydrogen-bond acceptors (Lipinski definition) is 14. The second-order valence-corrected chi connectivity index (χ2v) is 16.0. The van der Waals surface area contributed by atoms with Crippen molar-refractivity contribution in [1.82, 2.24) is 0 Å². The van der Waals surface area contributed by atoms with Crippen LogP contribution in [0.15, 0.2) is 54.6 Å². The molecule has 3 fully saturated rings. The standard InChI is InChI=1S/C42H55NO13/c1-10-23(3)35(46)51-22-41-32(52-25(5)44)29(45)21-40(8,50)42(41)33(54-38(49)27-19-15-16-20-28(27)43-9)30(39(6,7)56-42)31(53-36(47)24(4)11-2)34(41)55-37(48)26-17-13-12-14-18-26/h12-20,23-24,29-34,43,45,50H,10-11,21-22H2,1-9H3/t23?,24?,29-,30+,31-,32-,33-,34+,40-,41-,42?/m0/s1. The van der Waals surface area contributed by atoms with Crippen LogP contribution in [0.1, 0.15) is 95.4 Å². The first-order valence-corrected chi connectivity index (χ1v) is 19.2. The second kappa shape index (κ2) is 16.1. The van der Waals surface area contributed by atoms with E-state index in [9.17, 15) is 34.2 Å². The summed E-state index contributed by atoms with van der Waals surface area (Å²) in [5.41, 5.74) is -7.63. The molecule has 1 spiro atoms. The van der Waals surface area contributed by atoms with Crippen molar-refractivity contribution in [2.24, 2.45) is 23.2 Å². The number of aliphatic hydroxyl groups is 2. The Labute approximate surface area is 327 Å². The monoisotopic (exact) mass is 781 g/mol. The van der Waals surface area contributed by atoms with Crippen LogP contribution in [0.5, 0.6) is 0 Å². The first-order chi connectivity index (χ1) is 26.3. The number of para-hydroxylation sites is 1. The van der Waals surface area contributed by atoms with E-state index in [-0.39, 0.29) is 11.1 Å². The SMILES string of the molecule is CCC(C)C(=O)OC[C@]12[C@H](OC(=O)c3ccccc3)[C@@H](OC(=O)C(C)CC)[C@@H]3[C@H](OC(=O)c4ccccc4NC)C1(OC3(C)C)[C@@](C)(O)C[C@H](O)[C@@H]2OC(C)=O. The third kappa shape index (κ3) is 7.15. The molecule has 0 radical (unpaired) electrons. The van der Waals surface area contributed by atoms with E-state index in [0.29, 0.717) is 18.5 Å². The molecular weight excluding hydrogens is 726 g/mol. The fourth-order valence-electron chi connectivity index (χ4n) is 8.91. The quantitative estimate of drug-likeness (QED) is 0.188. The predicted molar refractivity (Wildman–Crippen MR) is 201 cm³/mol. The Hall–Kier alpha value is -4.53. The molecule has 1 heterocycles. The number of ether oxygens (including phenoxy) is 6. The zero-order valence-electron chi connectivity index (χ0n) is 33.5. The van der Waals surface area contributed by atoms with Crippen molar-refractivity contribution in [3.05, 3.63) is 65.7 Å². The number of rotatable bonds is 13. The van der Waals surface area contributed by atoms with E-state index in [0.717, 1.165) is 6.92 Å². The van der Waals surface area contributed by atoms with E-state index in [4.69, 9.17) is 28.4 Å². The lowest BCUT2D eigenvalue weighted by molar-refractivity contribution is -0.362. The first kappa shape index (κ1) is 42.6. The van der Waals surface area contributed by atoms with Gasteiger partial charge in [0.05, 0.1) is 46.2 Å². The van der Waals surface area contributed by atoms with Gasteiger partial charge in [0.15, 0.2) is 11.7 Å². The summed E-state index contributed by atoms with van der Waals surface area (Å²) in [6, 6.07) is 14.5. The van der Waals surface area contributed by atoms with E-state index in [2.05, 4.69) is 5.32 Å². The van der Waals surface area contributed by atoms with Crippen molar-refractivity contribution < 1.29 is 62.6 Å². The van der Waals surface area contributed by atoms with E-state index in [1.54, 1.807) is 91.1 Å². The van der Waals surface area contributed by atoms with Gasteiger partial charge in [-0.2, -0.15) is 0 Å². The molecule has 0 aromatic heterocycles. The fourth-order valence-corrected chi connectivity index (χ4v) is 8.91. The Morgan fingerprint density at radius 2 is 1.41 bits per heavy atom. The van der Waals surface area contributed by atoms with Gasteiger partial charge >= 0.3 is 29.8 Å². The van der Waals surface area contributed by atoms with Crippen LogP contribution in [-0.2, 0) is 42.8 Å². The molecule has 3 unspecified atom stereocenters. The van der Waals surface area contributed by atoms with Crippen LogP contribution >= 0.6 is 0 Å². The van der Waals surface area contributed by atoms with Crippen LogP contribution < -0.4 is 5.32 Å². The first-order valence-electron chi connectivity index (χ1n) is 19.2. The van der Waals surface area contributed by atoms with Crippen molar-refractivity contribution in [1.29, 1.82) is 0 Å². The van der Waals surface area contributed by atoms with Crippen molar-refractivity contribution >= 4 is 35.5 Å². The molecule has 2 aromatic rings. The molecule has 2 aliphatic carbocycles. The van der Waals surface area contributed by atoms with Gasteiger partial charge in [-0.1, -0.05) is 58.0 Å². The Bertz CT molecular complexity index is 1800. The third-order valence-corrected chi connectivity index (χ3v) is 12.0. The molecule has 1 saturated heterocycles. The summed E-state index contributed by atoms with van der Waals surface area (Å²) >= 11 is 0. The number of fused-ring (bicyclic) bond motifs is 1. The number of esters is 5. The largest absolute Gasteiger partial charge is 0.464 e. The van der Waals surface area contributed by atoms with Crippen LogP contribution in [0.3, 0.4) is 0 Å². The van der Waals surface area contributed by atoms with Crippen LogP contribution in [0, 0.1) is 23.2 Å². The van der Waals surface area contributed by atoms with Gasteiger partial charge in [-0.15, -0.1) is 0 Å². The maximum absolute atomic E-state index is 14.4. The van der Waals surface area contributed by atoms with Gasteiger partial charge in [0.1, 0.15) is 30.3 Å². The molecule has 306 valence electrons. The van der Waals surface area contributed by atoms with Gasteiger partial charge in [0, 0.05) is 26.1 Å². The Morgan fingerprint density at radius 3 is 2.02 bits per heavy atom. The molecule has 3 N–H and O–H groups in total. The Balaban J connectivity index is 1.89. The highest BCUT2D eigenvalue weighted by atomic mass is 16.6. The van der Waals surface area contributed by atoms with Gasteiger partial charge in [-0.05, 0) is 57.9 Å². The Kier molecular flexibility index (Phi) is 12.3. The molecule has 0 amide bonds. The molecule has 14 nitrogen and oxygen atoms in total. The van der Waals surface area contributed by atoms with Gasteiger partial charge in [-0.3, -0.25) is 14.4 Å². The van der Waals surface area contributed by atoms with E-state index >= 15 is 0 Å². The van der Waals surface area contributed by atoms with Crippen LogP contribution in [0.25, 0.3) is 0 Å². The van der Waals surface area contributed by atoms with E-state index < -0.39 is 113 Å². The normalized spacial score (nSPS) is 32.5. The summed E-state index contributed by atoms with van der Waals surface area (Å²) in [5, 5.41) is 27.9. The minimum Gasteiger partial charge on any atom is -0.464 e. The molecule has 2 saturated carbocycles. The summed E-state index contributed by atoms with van der Waals surface area (Å²) in [4.78, 5) is 69.5. The lowest BCUT2D eigenvalue weighted by Crippen LogP contribution is -2.85. The molecular formula is C42H55NO13. The number of benzene rings is 2. The maximum Gasteiger partial charge on any atom is 0.340 e. The number of nitrogens with one attached hydrogen (secondary N) is 1. The van der Waals surface area contributed by atoms with Crippen molar-refractivity contribution in [2.75, 3.05) is 19.0 Å². The third-order valence-electron chi connectivity index (χ3n) is 12.0. The fraction of sp³-hybridized carbons (Fsp3) is 0.595. The number of hydrogen-bond donors (Lipinski definition) is 3. The van der Waals surface area contributed by atoms with Gasteiger partial charge in [-0.25, -0.2) is 9.59 Å². The summed E-state index contributed by atoms with van der Waals surface area (Å²) in [6.45, 7) is 11.8. The van der Waals surface area contributed by atoms with Crippen molar-refractivity contribution in [3.63, 3.8) is 0 Å². The summed E-state index contributed by atoms with van der Waals surface area (Å²) in [6.07, 6.45) is -8.09. The molecule has 2 aromatic carbocycles. The smallest absolute Gasteiger partial charge is 0.340 e. The Morgan fingerprint density at radius 1 is 0.821 bits per heavy atom. The predicted octanol–water partition coefficient (Wildman–Crippen LogP) is 4.64. The molecule has 2 bridgehead atoms. The van der Waals surface area contributed by atoms with Crippen LogP contribution in [0.2, 0.25) is 0 Å². The number of aliphatic hydroxyl groups excluding tert-OH is 1. The highest BCUT2D eigenvalue weighted by Gasteiger charge is 2.88. The molecule has 11 atom stereocenters. The van der Waals surface area contributed by atoms with Crippen molar-refractivity contribution in [3.8, 4) is 0 Å². The number of carbonyl (C=O) groups excluding carboxylic acids is 5.